The van der Waals surface area contributed by atoms with Crippen LogP contribution in [0.5, 0.6) is 0 Å². The first kappa shape index (κ1) is 25.1. The smallest absolute Gasteiger partial charge is 0.309 e. The average molecular weight is 571 g/mol. The molecule has 3 heterocycles. The highest BCUT2D eigenvalue weighted by atomic mass is 79.9. The maximum atomic E-state index is 12.7. The largest absolute Gasteiger partial charge is 0.469 e. The van der Waals surface area contributed by atoms with E-state index in [1.165, 1.54) is 7.11 Å². The van der Waals surface area contributed by atoms with Gasteiger partial charge in [-0.25, -0.2) is 15.0 Å². The van der Waals surface area contributed by atoms with Crippen molar-refractivity contribution in [2.75, 3.05) is 12.8 Å². The van der Waals surface area contributed by atoms with Gasteiger partial charge in [-0.2, -0.15) is 0 Å². The number of nitrogen functional groups attached to an aromatic ring is 1. The molecule has 38 heavy (non-hydrogen) atoms. The molecular weight excluding hydrogens is 548 g/mol. The second-order valence-corrected chi connectivity index (χ2v) is 9.42. The normalized spacial score (nSPS) is 10.9. The van der Waals surface area contributed by atoms with E-state index in [9.17, 15) is 9.59 Å². The number of nitrogens with one attached hydrogen (secondary N) is 1. The van der Waals surface area contributed by atoms with Gasteiger partial charge in [0.25, 0.3) is 5.91 Å². The molecule has 0 bridgehead atoms. The van der Waals surface area contributed by atoms with Gasteiger partial charge >= 0.3 is 5.97 Å². The molecule has 0 spiro atoms. The molecule has 0 aliphatic rings. The molecule has 0 aliphatic carbocycles. The lowest BCUT2D eigenvalue weighted by atomic mass is 10.1. The summed E-state index contributed by atoms with van der Waals surface area (Å²) in [5.74, 6) is 0.415. The van der Waals surface area contributed by atoms with Gasteiger partial charge < -0.3 is 15.8 Å². The van der Waals surface area contributed by atoms with Crippen LogP contribution in [0.4, 0.5) is 5.82 Å². The van der Waals surface area contributed by atoms with E-state index in [1.54, 1.807) is 36.7 Å². The van der Waals surface area contributed by atoms with Gasteiger partial charge in [0.2, 0.25) is 0 Å². The molecule has 0 atom stereocenters. The van der Waals surface area contributed by atoms with Gasteiger partial charge in [0, 0.05) is 34.7 Å². The number of anilines is 1. The summed E-state index contributed by atoms with van der Waals surface area (Å²) in [4.78, 5) is 37.9. The highest BCUT2D eigenvalue weighted by Gasteiger charge is 2.18. The molecule has 10 heteroatoms. The first-order chi connectivity index (χ1) is 18.4. The fraction of sp³-hybridized carbons (Fsp3) is 0.107. The Labute approximate surface area is 226 Å². The second kappa shape index (κ2) is 10.8. The van der Waals surface area contributed by atoms with E-state index >= 15 is 0 Å². The summed E-state index contributed by atoms with van der Waals surface area (Å²) in [6.45, 7) is 0.332. The molecule has 1 amide bonds. The van der Waals surface area contributed by atoms with E-state index in [1.807, 2.05) is 47.0 Å². The van der Waals surface area contributed by atoms with Gasteiger partial charge in [0.15, 0.2) is 11.5 Å². The summed E-state index contributed by atoms with van der Waals surface area (Å²) in [5.41, 5.74) is 11.2. The quantitative estimate of drug-likeness (QED) is 0.276. The first-order valence-electron chi connectivity index (χ1n) is 11.7. The number of pyridine rings is 2. The number of esters is 1. The molecule has 0 aliphatic heterocycles. The SMILES string of the molecule is COC(=O)Cc1cccc(C(=O)NCc2ccc(-n3c(-c4cccnc4N)nc4cc(Br)cnc43)cc2)c1. The lowest BCUT2D eigenvalue weighted by Crippen LogP contribution is -2.23. The van der Waals surface area contributed by atoms with Crippen LogP contribution in [0.2, 0.25) is 0 Å². The molecule has 5 aromatic rings. The molecule has 0 fully saturated rings. The fourth-order valence-corrected chi connectivity index (χ4v) is 4.40. The maximum absolute atomic E-state index is 12.7. The monoisotopic (exact) mass is 570 g/mol. The Morgan fingerprint density at radius 3 is 2.61 bits per heavy atom. The van der Waals surface area contributed by atoms with Crippen molar-refractivity contribution in [3.8, 4) is 17.1 Å². The maximum Gasteiger partial charge on any atom is 0.309 e. The van der Waals surface area contributed by atoms with E-state index in [2.05, 4.69) is 31.2 Å². The number of ether oxygens (including phenoxy) is 1. The highest BCUT2D eigenvalue weighted by molar-refractivity contribution is 9.10. The standard InChI is InChI=1S/C28H23BrN6O3/c1-38-24(36)13-18-4-2-5-19(12-18)28(37)33-15-17-7-9-21(10-8-17)35-26(22-6-3-11-31-25(22)30)34-23-14-20(29)16-32-27(23)35/h2-12,14,16H,13,15H2,1H3,(H2,30,31)(H,33,37). The third-order valence-electron chi connectivity index (χ3n) is 5.96. The number of aromatic nitrogens is 4. The second-order valence-electron chi connectivity index (χ2n) is 8.51. The minimum absolute atomic E-state index is 0.112. The number of methoxy groups -OCH3 is 1. The van der Waals surface area contributed by atoms with E-state index in [4.69, 9.17) is 15.5 Å². The van der Waals surface area contributed by atoms with Crippen LogP contribution >= 0.6 is 15.9 Å². The lowest BCUT2D eigenvalue weighted by Gasteiger charge is -2.11. The van der Waals surface area contributed by atoms with Gasteiger partial charge in [0.1, 0.15) is 11.3 Å². The predicted molar refractivity (Wildman–Crippen MR) is 148 cm³/mol. The molecule has 9 nitrogen and oxygen atoms in total. The summed E-state index contributed by atoms with van der Waals surface area (Å²) in [5, 5.41) is 2.93. The van der Waals surface area contributed by atoms with Crippen LogP contribution in [-0.2, 0) is 22.5 Å². The summed E-state index contributed by atoms with van der Waals surface area (Å²) in [6.07, 6.45) is 3.47. The van der Waals surface area contributed by atoms with E-state index in [0.717, 1.165) is 15.7 Å². The summed E-state index contributed by atoms with van der Waals surface area (Å²) in [7, 11) is 1.34. The number of hydrogen-bond donors (Lipinski definition) is 2. The predicted octanol–water partition coefficient (Wildman–Crippen LogP) is 4.47. The molecule has 2 aromatic carbocycles. The number of carbonyl (C=O) groups is 2. The number of hydrogen-bond acceptors (Lipinski definition) is 7. The molecule has 5 rings (SSSR count). The Morgan fingerprint density at radius 1 is 1.03 bits per heavy atom. The van der Waals surface area contributed by atoms with Crippen molar-refractivity contribution in [2.24, 2.45) is 0 Å². The number of nitrogens with zero attached hydrogens (tertiary/aromatic N) is 4. The van der Waals surface area contributed by atoms with Crippen molar-refractivity contribution in [2.45, 2.75) is 13.0 Å². The van der Waals surface area contributed by atoms with Gasteiger partial charge in [-0.3, -0.25) is 14.2 Å². The van der Waals surface area contributed by atoms with Crippen molar-refractivity contribution in [1.82, 2.24) is 24.8 Å². The number of carbonyl (C=O) groups excluding carboxylic acids is 2. The molecule has 0 saturated heterocycles. The zero-order chi connectivity index (χ0) is 26.6. The summed E-state index contributed by atoms with van der Waals surface area (Å²) in [6, 6.07) is 20.3. The molecule has 3 N–H and O–H groups in total. The van der Waals surface area contributed by atoms with Crippen LogP contribution in [0.15, 0.2) is 83.6 Å². The number of benzene rings is 2. The zero-order valence-corrected chi connectivity index (χ0v) is 22.0. The average Bonchev–Trinajstić information content (AvgIpc) is 3.30. The minimum atomic E-state index is -0.356. The molecule has 190 valence electrons. The number of nitrogens with two attached hydrogens (primary N) is 1. The van der Waals surface area contributed by atoms with Crippen molar-refractivity contribution >= 4 is 44.8 Å². The lowest BCUT2D eigenvalue weighted by molar-refractivity contribution is -0.139. The van der Waals surface area contributed by atoms with Crippen LogP contribution in [0.3, 0.4) is 0 Å². The first-order valence-corrected chi connectivity index (χ1v) is 12.5. The number of fused-ring (bicyclic) bond motifs is 1. The Bertz CT molecular complexity index is 1650. The zero-order valence-electron chi connectivity index (χ0n) is 20.4. The van der Waals surface area contributed by atoms with Gasteiger partial charge in [-0.05, 0) is 69.5 Å². The van der Waals surface area contributed by atoms with Gasteiger partial charge in [-0.1, -0.05) is 24.3 Å². The van der Waals surface area contributed by atoms with Crippen molar-refractivity contribution in [1.29, 1.82) is 0 Å². The Morgan fingerprint density at radius 2 is 1.84 bits per heavy atom. The Hall–Kier alpha value is -4.57. The number of rotatable bonds is 7. The Kier molecular flexibility index (Phi) is 7.14. The third kappa shape index (κ3) is 5.25. The Balaban J connectivity index is 1.38. The molecule has 0 radical (unpaired) electrons. The number of halogens is 1. The van der Waals surface area contributed by atoms with Gasteiger partial charge in [0.05, 0.1) is 19.1 Å². The van der Waals surface area contributed by atoms with Crippen molar-refractivity contribution in [3.63, 3.8) is 0 Å². The van der Waals surface area contributed by atoms with E-state index < -0.39 is 0 Å². The van der Waals surface area contributed by atoms with Crippen LogP contribution in [0.25, 0.3) is 28.2 Å². The molecular formula is C28H23BrN6O3. The topological polar surface area (TPSA) is 125 Å². The van der Waals surface area contributed by atoms with Crippen molar-refractivity contribution in [3.05, 3.63) is 100 Å². The third-order valence-corrected chi connectivity index (χ3v) is 6.39. The van der Waals surface area contributed by atoms with Crippen LogP contribution in [-0.4, -0.2) is 38.5 Å². The number of imidazole rings is 1. The fourth-order valence-electron chi connectivity index (χ4n) is 4.08. The molecule has 3 aromatic heterocycles. The van der Waals surface area contributed by atoms with Crippen LogP contribution in [0, 0.1) is 0 Å². The minimum Gasteiger partial charge on any atom is -0.469 e. The van der Waals surface area contributed by atoms with Crippen LogP contribution < -0.4 is 11.1 Å². The summed E-state index contributed by atoms with van der Waals surface area (Å²) >= 11 is 3.46. The van der Waals surface area contributed by atoms with E-state index in [0.29, 0.717) is 46.0 Å². The number of amides is 1. The van der Waals surface area contributed by atoms with E-state index in [-0.39, 0.29) is 18.3 Å². The summed E-state index contributed by atoms with van der Waals surface area (Å²) < 4.78 is 7.46. The van der Waals surface area contributed by atoms with Crippen LogP contribution in [0.1, 0.15) is 21.5 Å². The highest BCUT2D eigenvalue weighted by Crippen LogP contribution is 2.31. The van der Waals surface area contributed by atoms with Gasteiger partial charge in [-0.15, -0.1) is 0 Å². The molecule has 0 saturated carbocycles. The van der Waals surface area contributed by atoms with Crippen molar-refractivity contribution < 1.29 is 14.3 Å². The molecule has 0 unspecified atom stereocenters.